The lowest BCUT2D eigenvalue weighted by atomic mass is 9.95. The number of carbonyl (C=O) groups excluding carboxylic acids is 1. The largest absolute Gasteiger partial charge is 0.394 e. The molecule has 0 saturated carbocycles. The minimum atomic E-state index is -1.51. The molecule has 0 aliphatic carbocycles. The van der Waals surface area contributed by atoms with E-state index >= 15 is 0 Å². The van der Waals surface area contributed by atoms with Crippen LogP contribution in [-0.2, 0) is 23.7 Å². The van der Waals surface area contributed by atoms with E-state index in [1.165, 1.54) is 19.8 Å². The Kier molecular flexibility index (Phi) is 13.7. The molecule has 35 heavy (non-hydrogen) atoms. The van der Waals surface area contributed by atoms with Crippen molar-refractivity contribution in [2.75, 3.05) is 19.0 Å². The number of nitrogens with one attached hydrogen (secondary N) is 1. The van der Waals surface area contributed by atoms with E-state index in [1.807, 2.05) is 0 Å². The summed E-state index contributed by atoms with van der Waals surface area (Å²) in [6.07, 6.45) is -3.69. The van der Waals surface area contributed by atoms with E-state index in [9.17, 15) is 30.3 Å². The zero-order valence-electron chi connectivity index (χ0n) is 20.6. The average Bonchev–Trinajstić information content (AvgIpc) is 2.82. The first kappa shape index (κ1) is 30.7. The van der Waals surface area contributed by atoms with Crippen LogP contribution in [0.4, 0.5) is 0 Å². The second kappa shape index (κ2) is 15.7. The molecule has 2 aliphatic rings. The third kappa shape index (κ3) is 9.06. The first-order valence-corrected chi connectivity index (χ1v) is 13.1. The van der Waals surface area contributed by atoms with Gasteiger partial charge in [0.15, 0.2) is 12.6 Å². The molecule has 12 heteroatoms. The summed E-state index contributed by atoms with van der Waals surface area (Å²) in [5.74, 6) is 0.408. The van der Waals surface area contributed by atoms with Gasteiger partial charge in [0.2, 0.25) is 5.91 Å². The number of carbonyl (C=O) groups is 1. The zero-order chi connectivity index (χ0) is 26.0. The van der Waals surface area contributed by atoms with Gasteiger partial charge in [-0.05, 0) is 25.5 Å². The SMILES string of the molecule is CC(=O)N[C@H]1[C@H](O[C@H]2[C@H](O)[C@H](OCCCCCCCCCS)O[C@@H](C)[C@H]2O)O[C@H](CO)[C@@H](O)[C@@H]1O. The highest BCUT2D eigenvalue weighted by atomic mass is 32.1. The molecule has 0 aromatic heterocycles. The van der Waals surface area contributed by atoms with E-state index in [-0.39, 0.29) is 0 Å². The molecule has 0 unspecified atom stereocenters. The average molecular weight is 526 g/mol. The topological polar surface area (TPSA) is 167 Å². The molecule has 2 fully saturated rings. The summed E-state index contributed by atoms with van der Waals surface area (Å²) >= 11 is 4.21. The third-order valence-electron chi connectivity index (χ3n) is 6.41. The minimum Gasteiger partial charge on any atom is -0.394 e. The Bertz CT molecular complexity index is 617. The zero-order valence-corrected chi connectivity index (χ0v) is 21.5. The van der Waals surface area contributed by atoms with Crippen molar-refractivity contribution in [1.82, 2.24) is 5.32 Å². The molecule has 0 radical (unpaired) electrons. The molecular formula is C23H43NO10S. The summed E-state index contributed by atoms with van der Waals surface area (Å²) in [5.41, 5.74) is 0. The van der Waals surface area contributed by atoms with Gasteiger partial charge in [-0.15, -0.1) is 0 Å². The third-order valence-corrected chi connectivity index (χ3v) is 6.72. The Labute approximate surface area is 212 Å². The number of rotatable bonds is 14. The lowest BCUT2D eigenvalue weighted by Crippen LogP contribution is -2.67. The number of aliphatic hydroxyl groups is 5. The molecule has 0 aromatic carbocycles. The summed E-state index contributed by atoms with van der Waals surface area (Å²) in [6.45, 7) is 2.58. The molecule has 10 atom stereocenters. The van der Waals surface area contributed by atoms with Crippen LogP contribution < -0.4 is 5.32 Å². The van der Waals surface area contributed by atoms with E-state index in [0.717, 1.165) is 37.9 Å². The van der Waals surface area contributed by atoms with Gasteiger partial charge in [-0.3, -0.25) is 4.79 Å². The summed E-state index contributed by atoms with van der Waals surface area (Å²) in [6, 6.07) is -1.20. The molecule has 0 aromatic rings. The van der Waals surface area contributed by atoms with Gasteiger partial charge in [0.25, 0.3) is 0 Å². The van der Waals surface area contributed by atoms with E-state index in [1.54, 1.807) is 6.92 Å². The van der Waals surface area contributed by atoms with Crippen LogP contribution in [0.25, 0.3) is 0 Å². The second-order valence-electron chi connectivity index (χ2n) is 9.29. The van der Waals surface area contributed by atoms with Crippen LogP contribution in [0, 0.1) is 0 Å². The molecule has 6 N–H and O–H groups in total. The highest BCUT2D eigenvalue weighted by Gasteiger charge is 2.50. The molecule has 1 amide bonds. The van der Waals surface area contributed by atoms with Gasteiger partial charge in [0.05, 0.1) is 12.7 Å². The fourth-order valence-electron chi connectivity index (χ4n) is 4.33. The van der Waals surface area contributed by atoms with Crippen molar-refractivity contribution in [3.05, 3.63) is 0 Å². The normalized spacial score (nSPS) is 37.8. The minimum absolute atomic E-state index is 0.361. The number of aliphatic hydroxyl groups excluding tert-OH is 5. The van der Waals surface area contributed by atoms with Crippen molar-refractivity contribution in [2.24, 2.45) is 0 Å². The van der Waals surface area contributed by atoms with Crippen LogP contribution in [0.1, 0.15) is 58.8 Å². The van der Waals surface area contributed by atoms with Gasteiger partial charge in [0, 0.05) is 13.5 Å². The molecule has 2 saturated heterocycles. The summed E-state index contributed by atoms with van der Waals surface area (Å²) < 4.78 is 22.7. The Morgan fingerprint density at radius 2 is 1.51 bits per heavy atom. The Hall–Kier alpha value is -0.540. The van der Waals surface area contributed by atoms with Crippen molar-refractivity contribution >= 4 is 18.5 Å². The number of hydrogen-bond acceptors (Lipinski definition) is 11. The number of hydrogen-bond donors (Lipinski definition) is 7. The number of unbranched alkanes of at least 4 members (excludes halogenated alkanes) is 6. The fourth-order valence-corrected chi connectivity index (χ4v) is 4.56. The predicted molar refractivity (Wildman–Crippen MR) is 129 cm³/mol. The van der Waals surface area contributed by atoms with Crippen molar-refractivity contribution in [3.63, 3.8) is 0 Å². The maximum Gasteiger partial charge on any atom is 0.217 e. The van der Waals surface area contributed by atoms with Gasteiger partial charge >= 0.3 is 0 Å². The molecule has 2 heterocycles. The van der Waals surface area contributed by atoms with E-state index in [2.05, 4.69) is 17.9 Å². The first-order valence-electron chi connectivity index (χ1n) is 12.5. The van der Waals surface area contributed by atoms with E-state index in [4.69, 9.17) is 18.9 Å². The van der Waals surface area contributed by atoms with Gasteiger partial charge in [-0.2, -0.15) is 12.6 Å². The quantitative estimate of drug-likeness (QED) is 0.116. The Morgan fingerprint density at radius 1 is 0.886 bits per heavy atom. The molecule has 2 rings (SSSR count). The molecule has 2 aliphatic heterocycles. The van der Waals surface area contributed by atoms with Crippen LogP contribution in [0.2, 0.25) is 0 Å². The molecule has 0 bridgehead atoms. The standard InChI is InChI=1S/C23H43NO10S/c1-13-17(27)21(20(30)23(32-13)31-10-8-6-4-3-5-7-9-11-35)34-22-16(24-14(2)26)19(29)18(28)15(12-25)33-22/h13,15-23,25,27-30,35H,3-12H2,1-2H3,(H,24,26)/t13-,15+,16+,17+,18+,19+,20-,21+,22-,23+/m0/s1. The highest BCUT2D eigenvalue weighted by Crippen LogP contribution is 2.29. The lowest BCUT2D eigenvalue weighted by molar-refractivity contribution is -0.343. The highest BCUT2D eigenvalue weighted by molar-refractivity contribution is 7.80. The van der Waals surface area contributed by atoms with Gasteiger partial charge in [-0.25, -0.2) is 0 Å². The van der Waals surface area contributed by atoms with Crippen LogP contribution in [0.15, 0.2) is 0 Å². The van der Waals surface area contributed by atoms with Crippen molar-refractivity contribution < 1.29 is 49.3 Å². The Balaban J connectivity index is 1.93. The monoisotopic (exact) mass is 525 g/mol. The van der Waals surface area contributed by atoms with Crippen molar-refractivity contribution in [1.29, 1.82) is 0 Å². The maximum absolute atomic E-state index is 11.6. The van der Waals surface area contributed by atoms with Crippen LogP contribution in [0.3, 0.4) is 0 Å². The van der Waals surface area contributed by atoms with Crippen molar-refractivity contribution in [2.45, 2.75) is 120 Å². The van der Waals surface area contributed by atoms with Gasteiger partial charge in [-0.1, -0.05) is 32.1 Å². The number of thiol groups is 1. The molecular weight excluding hydrogens is 482 g/mol. The smallest absolute Gasteiger partial charge is 0.217 e. The van der Waals surface area contributed by atoms with Gasteiger partial charge in [0.1, 0.15) is 42.7 Å². The number of ether oxygens (including phenoxy) is 4. The second-order valence-corrected chi connectivity index (χ2v) is 9.74. The van der Waals surface area contributed by atoms with E-state index < -0.39 is 73.9 Å². The lowest BCUT2D eigenvalue weighted by Gasteiger charge is -2.46. The Morgan fingerprint density at radius 3 is 2.11 bits per heavy atom. The molecule has 206 valence electrons. The molecule has 11 nitrogen and oxygen atoms in total. The fraction of sp³-hybridized carbons (Fsp3) is 0.957. The molecule has 0 spiro atoms. The van der Waals surface area contributed by atoms with Crippen LogP contribution >= 0.6 is 12.6 Å². The summed E-state index contributed by atoms with van der Waals surface area (Å²) in [5, 5.41) is 54.0. The van der Waals surface area contributed by atoms with E-state index in [0.29, 0.717) is 6.61 Å². The van der Waals surface area contributed by atoms with Crippen molar-refractivity contribution in [3.8, 4) is 0 Å². The number of amides is 1. The summed E-state index contributed by atoms with van der Waals surface area (Å²) in [7, 11) is 0. The van der Waals surface area contributed by atoms with Crippen LogP contribution in [-0.4, -0.2) is 112 Å². The van der Waals surface area contributed by atoms with Gasteiger partial charge < -0.3 is 49.8 Å². The summed E-state index contributed by atoms with van der Waals surface area (Å²) in [4.78, 5) is 11.6. The maximum atomic E-state index is 11.6. The first-order chi connectivity index (χ1) is 16.7. The predicted octanol–water partition coefficient (Wildman–Crippen LogP) is -0.541. The van der Waals surface area contributed by atoms with Crippen LogP contribution in [0.5, 0.6) is 0 Å².